The van der Waals surface area contributed by atoms with Gasteiger partial charge in [0, 0.05) is 29.1 Å². The molecule has 2 aromatic heterocycles. The molecule has 1 saturated heterocycles. The van der Waals surface area contributed by atoms with Crippen LogP contribution in [0.25, 0.3) is 10.9 Å². The number of halogens is 6. The predicted octanol–water partition coefficient (Wildman–Crippen LogP) is 4.51. The summed E-state index contributed by atoms with van der Waals surface area (Å²) >= 11 is 0. The molecule has 1 N–H and O–H groups in total. The monoisotopic (exact) mass is 517 g/mol. The van der Waals surface area contributed by atoms with Gasteiger partial charge in [-0.15, -0.1) is 0 Å². The molecule has 1 aromatic carbocycles. The fourth-order valence-electron chi connectivity index (χ4n) is 4.69. The number of aromatic nitrogens is 4. The second-order valence-electron chi connectivity index (χ2n) is 8.63. The maximum Gasteiger partial charge on any atom is 0.451 e. The van der Waals surface area contributed by atoms with Crippen molar-refractivity contribution in [1.29, 1.82) is 0 Å². The topological polar surface area (TPSA) is 85.4 Å². The van der Waals surface area contributed by atoms with Crippen molar-refractivity contribution in [3.8, 4) is 5.75 Å². The lowest BCUT2D eigenvalue weighted by molar-refractivity contribution is -0.155. The van der Waals surface area contributed by atoms with Crippen LogP contribution in [0.3, 0.4) is 0 Å². The molecule has 36 heavy (non-hydrogen) atoms. The van der Waals surface area contributed by atoms with Crippen molar-refractivity contribution in [2.75, 3.05) is 38.6 Å². The van der Waals surface area contributed by atoms with E-state index in [9.17, 15) is 26.3 Å². The van der Waals surface area contributed by atoms with Gasteiger partial charge >= 0.3 is 12.4 Å². The van der Waals surface area contributed by atoms with Crippen LogP contribution in [-0.4, -0.2) is 53.6 Å². The van der Waals surface area contributed by atoms with E-state index in [-0.39, 0.29) is 19.3 Å². The second kappa shape index (κ2) is 9.07. The molecule has 1 fully saturated rings. The SMILES string of the molecule is COc1ccc2[nH]c3c(c2c1)CCN(c1nc(C(F)(F)F)nc(C(F)(F)F)n1)[C@H]3CC1COCOC1. The number of hydrogen-bond acceptors (Lipinski definition) is 7. The Morgan fingerprint density at radius 1 is 1.03 bits per heavy atom. The van der Waals surface area contributed by atoms with E-state index in [4.69, 9.17) is 14.2 Å². The highest BCUT2D eigenvalue weighted by Crippen LogP contribution is 2.42. The van der Waals surface area contributed by atoms with Gasteiger partial charge in [0.15, 0.2) is 0 Å². The maximum atomic E-state index is 13.4. The predicted molar refractivity (Wildman–Crippen MR) is 113 cm³/mol. The van der Waals surface area contributed by atoms with Crippen LogP contribution in [0, 0.1) is 5.92 Å². The Kier molecular flexibility index (Phi) is 6.19. The van der Waals surface area contributed by atoms with E-state index in [0.29, 0.717) is 37.5 Å². The van der Waals surface area contributed by atoms with Gasteiger partial charge in [-0.1, -0.05) is 0 Å². The minimum absolute atomic E-state index is 0.0921. The minimum Gasteiger partial charge on any atom is -0.497 e. The number of fused-ring (bicyclic) bond motifs is 3. The van der Waals surface area contributed by atoms with Crippen LogP contribution in [0.4, 0.5) is 32.3 Å². The molecule has 2 aliphatic heterocycles. The number of rotatable bonds is 4. The molecule has 0 radical (unpaired) electrons. The molecule has 2 aliphatic rings. The quantitative estimate of drug-likeness (QED) is 0.510. The molecular weight excluding hydrogens is 496 g/mol. The van der Waals surface area contributed by atoms with Crippen molar-refractivity contribution in [2.24, 2.45) is 5.92 Å². The number of alkyl halides is 6. The van der Waals surface area contributed by atoms with E-state index in [0.717, 1.165) is 16.5 Å². The van der Waals surface area contributed by atoms with Crippen molar-refractivity contribution < 1.29 is 40.6 Å². The fraction of sp³-hybridized carbons (Fsp3) is 0.500. The normalized spacial score (nSPS) is 19.5. The molecule has 0 spiro atoms. The van der Waals surface area contributed by atoms with E-state index in [1.807, 2.05) is 12.1 Å². The number of ether oxygens (including phenoxy) is 3. The third kappa shape index (κ3) is 4.66. The summed E-state index contributed by atoms with van der Waals surface area (Å²) in [5, 5.41) is 0.868. The molecule has 0 unspecified atom stereocenters. The van der Waals surface area contributed by atoms with Crippen molar-refractivity contribution >= 4 is 16.9 Å². The summed E-state index contributed by atoms with van der Waals surface area (Å²) in [4.78, 5) is 14.2. The fourth-order valence-corrected chi connectivity index (χ4v) is 4.69. The first-order valence-electron chi connectivity index (χ1n) is 11.1. The number of H-pyrrole nitrogens is 1. The Labute approximate surface area is 200 Å². The number of nitrogens with zero attached hydrogens (tertiary/aromatic N) is 4. The van der Waals surface area contributed by atoms with E-state index in [1.54, 1.807) is 6.07 Å². The molecule has 0 aliphatic carbocycles. The van der Waals surface area contributed by atoms with Crippen molar-refractivity contribution in [3.63, 3.8) is 0 Å². The zero-order valence-corrected chi connectivity index (χ0v) is 18.9. The van der Waals surface area contributed by atoms with Crippen molar-refractivity contribution in [2.45, 2.75) is 31.2 Å². The van der Waals surface area contributed by atoms with Crippen LogP contribution in [0.15, 0.2) is 18.2 Å². The third-order valence-electron chi connectivity index (χ3n) is 6.28. The van der Waals surface area contributed by atoms with Crippen LogP contribution >= 0.6 is 0 Å². The molecule has 1 atom stereocenters. The Morgan fingerprint density at radius 3 is 2.31 bits per heavy atom. The van der Waals surface area contributed by atoms with Gasteiger partial charge in [-0.25, -0.2) is 4.98 Å². The third-order valence-corrected chi connectivity index (χ3v) is 6.28. The van der Waals surface area contributed by atoms with Crippen molar-refractivity contribution in [1.82, 2.24) is 19.9 Å². The standard InChI is InChI=1S/C22H21F6N5O3/c1-34-12-2-3-15-14(7-12)13-4-5-33(16(17(13)29-15)6-11-8-35-10-36-9-11)20-31-18(21(23,24)25)30-19(32-20)22(26,27)28/h2-3,7,11,16,29H,4-6,8-10H2,1H3/t16-/m0/s1. The van der Waals surface area contributed by atoms with Gasteiger partial charge in [0.1, 0.15) is 12.5 Å². The van der Waals surface area contributed by atoms with Gasteiger partial charge in [-0.3, -0.25) is 0 Å². The zero-order chi connectivity index (χ0) is 25.7. The lowest BCUT2D eigenvalue weighted by atomic mass is 9.90. The highest BCUT2D eigenvalue weighted by molar-refractivity contribution is 5.87. The minimum atomic E-state index is -5.18. The summed E-state index contributed by atoms with van der Waals surface area (Å²) < 4.78 is 96.6. The number of aromatic amines is 1. The number of methoxy groups -OCH3 is 1. The van der Waals surface area contributed by atoms with Crippen LogP contribution in [0.5, 0.6) is 5.75 Å². The van der Waals surface area contributed by atoms with Crippen LogP contribution in [-0.2, 0) is 28.2 Å². The molecule has 194 valence electrons. The van der Waals surface area contributed by atoms with Gasteiger partial charge < -0.3 is 24.1 Å². The lowest BCUT2D eigenvalue weighted by Gasteiger charge is -2.38. The highest BCUT2D eigenvalue weighted by atomic mass is 19.4. The van der Waals surface area contributed by atoms with E-state index < -0.39 is 36.0 Å². The highest BCUT2D eigenvalue weighted by Gasteiger charge is 2.43. The average molecular weight is 517 g/mol. The van der Waals surface area contributed by atoms with E-state index in [1.165, 1.54) is 12.0 Å². The Hall–Kier alpha value is -3.13. The molecule has 4 heterocycles. The lowest BCUT2D eigenvalue weighted by Crippen LogP contribution is -2.40. The van der Waals surface area contributed by atoms with Crippen LogP contribution in [0.2, 0.25) is 0 Å². The summed E-state index contributed by atoms with van der Waals surface area (Å²) in [5.74, 6) is -4.00. The maximum absolute atomic E-state index is 13.4. The first kappa shape index (κ1) is 24.6. The van der Waals surface area contributed by atoms with E-state index in [2.05, 4.69) is 19.9 Å². The molecule has 0 saturated carbocycles. The first-order chi connectivity index (χ1) is 17.0. The Morgan fingerprint density at radius 2 is 1.69 bits per heavy atom. The molecule has 0 bridgehead atoms. The summed E-state index contributed by atoms with van der Waals surface area (Å²) in [6, 6.07) is 4.76. The second-order valence-corrected chi connectivity index (χ2v) is 8.63. The van der Waals surface area contributed by atoms with E-state index >= 15 is 0 Å². The van der Waals surface area contributed by atoms with Gasteiger partial charge in [-0.2, -0.15) is 36.3 Å². The largest absolute Gasteiger partial charge is 0.497 e. The molecule has 3 aromatic rings. The summed E-state index contributed by atoms with van der Waals surface area (Å²) in [5.41, 5.74) is 2.34. The van der Waals surface area contributed by atoms with Gasteiger partial charge in [0.05, 0.1) is 26.4 Å². The molecule has 14 heteroatoms. The molecular formula is C22H21F6N5O3. The average Bonchev–Trinajstić information content (AvgIpc) is 3.22. The summed E-state index contributed by atoms with van der Waals surface area (Å²) in [7, 11) is 1.53. The number of nitrogens with one attached hydrogen (secondary N) is 1. The van der Waals surface area contributed by atoms with Gasteiger partial charge in [0.25, 0.3) is 0 Å². The first-order valence-corrected chi connectivity index (χ1v) is 11.1. The molecule has 5 rings (SSSR count). The smallest absolute Gasteiger partial charge is 0.451 e. The molecule has 0 amide bonds. The van der Waals surface area contributed by atoms with Gasteiger partial charge in [0.2, 0.25) is 17.6 Å². The summed E-state index contributed by atoms with van der Waals surface area (Å²) in [6.07, 6.45) is -9.70. The van der Waals surface area contributed by atoms with Crippen molar-refractivity contribution in [3.05, 3.63) is 41.1 Å². The number of hydrogen-bond donors (Lipinski definition) is 1. The van der Waals surface area contributed by atoms with Crippen LogP contribution in [0.1, 0.15) is 35.4 Å². The number of anilines is 1. The zero-order valence-electron chi connectivity index (χ0n) is 18.9. The number of benzene rings is 1. The Bertz CT molecular complexity index is 1220. The van der Waals surface area contributed by atoms with Crippen LogP contribution < -0.4 is 9.64 Å². The molecule has 8 nitrogen and oxygen atoms in total. The Balaban J connectivity index is 1.63. The summed E-state index contributed by atoms with van der Waals surface area (Å²) in [6.45, 7) is 0.896. The van der Waals surface area contributed by atoms with Gasteiger partial charge in [-0.05, 0) is 36.6 Å².